The van der Waals surface area contributed by atoms with E-state index in [9.17, 15) is 0 Å². The predicted molar refractivity (Wildman–Crippen MR) is 45.2 cm³/mol. The Labute approximate surface area is 67.1 Å². The fourth-order valence-electron chi connectivity index (χ4n) is 0.752. The Morgan fingerprint density at radius 2 is 2.45 bits per heavy atom. The summed E-state index contributed by atoms with van der Waals surface area (Å²) in [6, 6.07) is 1.72. The number of hydrogen-bond donors (Lipinski definition) is 2. The van der Waals surface area contributed by atoms with Crippen molar-refractivity contribution in [2.24, 2.45) is 10.7 Å². The largest absolute Gasteiger partial charge is 0.373 e. The summed E-state index contributed by atoms with van der Waals surface area (Å²) in [7, 11) is 1.66. The number of hydrogen-bond acceptors (Lipinski definition) is 3. The van der Waals surface area contributed by atoms with Crippen molar-refractivity contribution in [2.75, 3.05) is 13.6 Å². The molecular formula is C7H14N4. The highest BCUT2D eigenvalue weighted by Crippen LogP contribution is 1.87. The maximum absolute atomic E-state index is 8.34. The lowest BCUT2D eigenvalue weighted by Gasteiger charge is -2.11. The molecule has 0 rings (SSSR count). The number of likely N-dealkylation sites (N-methyl/N-ethyl adjacent to an activating group) is 1. The first kappa shape index (κ1) is 9.92. The highest BCUT2D eigenvalue weighted by molar-refractivity contribution is 5.87. The summed E-state index contributed by atoms with van der Waals surface area (Å²) in [4.78, 5) is 3.93. The number of nitrogens with zero attached hydrogens (tertiary/aromatic N) is 2. The third-order valence-corrected chi connectivity index (χ3v) is 1.26. The number of nitrogens with one attached hydrogen (secondary N) is 1. The average molecular weight is 154 g/mol. The standard InChI is InChI=1S/C7H14N4/c1-3-11-7(10-2)6(9)4-5-8/h6H,3-4,9H2,1-2H3,(H,10,11). The number of nitriles is 1. The van der Waals surface area contributed by atoms with Crippen molar-refractivity contribution >= 4 is 5.84 Å². The van der Waals surface area contributed by atoms with E-state index < -0.39 is 0 Å². The average Bonchev–Trinajstić information content (AvgIpc) is 2.00. The van der Waals surface area contributed by atoms with Crippen LogP contribution in [0.3, 0.4) is 0 Å². The molecule has 3 N–H and O–H groups in total. The van der Waals surface area contributed by atoms with Crippen LogP contribution in [0.25, 0.3) is 0 Å². The van der Waals surface area contributed by atoms with Crippen LogP contribution in [-0.2, 0) is 0 Å². The van der Waals surface area contributed by atoms with Gasteiger partial charge in [0.25, 0.3) is 0 Å². The molecule has 0 spiro atoms. The van der Waals surface area contributed by atoms with Gasteiger partial charge in [-0.15, -0.1) is 0 Å². The van der Waals surface area contributed by atoms with Crippen molar-refractivity contribution in [1.82, 2.24) is 5.32 Å². The molecule has 4 nitrogen and oxygen atoms in total. The van der Waals surface area contributed by atoms with E-state index in [1.54, 1.807) is 7.05 Å². The second kappa shape index (κ2) is 5.69. The fourth-order valence-corrected chi connectivity index (χ4v) is 0.752. The molecule has 0 saturated carbocycles. The molecule has 0 saturated heterocycles. The van der Waals surface area contributed by atoms with E-state index in [1.807, 2.05) is 13.0 Å². The molecule has 0 fully saturated rings. The Hall–Kier alpha value is -1.08. The van der Waals surface area contributed by atoms with Crippen molar-refractivity contribution < 1.29 is 0 Å². The molecular weight excluding hydrogens is 140 g/mol. The molecule has 0 radical (unpaired) electrons. The number of aliphatic imine (C=N–C) groups is 1. The molecule has 62 valence electrons. The molecule has 0 aromatic carbocycles. The lowest BCUT2D eigenvalue weighted by Crippen LogP contribution is -2.40. The van der Waals surface area contributed by atoms with Crippen LogP contribution in [0.15, 0.2) is 4.99 Å². The van der Waals surface area contributed by atoms with E-state index in [4.69, 9.17) is 11.0 Å². The SMILES string of the molecule is CCNC(=NC)C(N)CC#N. The highest BCUT2D eigenvalue weighted by atomic mass is 15.0. The Balaban J connectivity index is 3.95. The van der Waals surface area contributed by atoms with Crippen LogP contribution in [0.1, 0.15) is 13.3 Å². The van der Waals surface area contributed by atoms with Gasteiger partial charge in [0.2, 0.25) is 0 Å². The Bertz CT molecular complexity index is 168. The molecule has 0 aliphatic carbocycles. The minimum absolute atomic E-state index is 0.273. The minimum atomic E-state index is -0.273. The van der Waals surface area contributed by atoms with Gasteiger partial charge in [-0.25, -0.2) is 0 Å². The normalized spacial score (nSPS) is 13.8. The van der Waals surface area contributed by atoms with E-state index in [-0.39, 0.29) is 6.04 Å². The summed E-state index contributed by atoms with van der Waals surface area (Å²) in [6.07, 6.45) is 0.305. The lowest BCUT2D eigenvalue weighted by atomic mass is 10.2. The summed E-state index contributed by atoms with van der Waals surface area (Å²) >= 11 is 0. The molecule has 0 aromatic heterocycles. The lowest BCUT2D eigenvalue weighted by molar-refractivity contribution is 0.814. The van der Waals surface area contributed by atoms with Crippen molar-refractivity contribution in [1.29, 1.82) is 5.26 Å². The van der Waals surface area contributed by atoms with E-state index in [2.05, 4.69) is 10.3 Å². The van der Waals surface area contributed by atoms with Gasteiger partial charge in [-0.1, -0.05) is 0 Å². The summed E-state index contributed by atoms with van der Waals surface area (Å²) in [6.45, 7) is 2.75. The fraction of sp³-hybridized carbons (Fsp3) is 0.714. The summed E-state index contributed by atoms with van der Waals surface area (Å²) < 4.78 is 0. The van der Waals surface area contributed by atoms with E-state index in [0.717, 1.165) is 6.54 Å². The summed E-state index contributed by atoms with van der Waals surface area (Å²) in [5.41, 5.74) is 5.61. The van der Waals surface area contributed by atoms with Gasteiger partial charge in [-0.05, 0) is 6.92 Å². The maximum atomic E-state index is 8.34. The van der Waals surface area contributed by atoms with Gasteiger partial charge in [-0.3, -0.25) is 4.99 Å². The van der Waals surface area contributed by atoms with Crippen LogP contribution in [-0.4, -0.2) is 25.5 Å². The van der Waals surface area contributed by atoms with Crippen LogP contribution in [0, 0.1) is 11.3 Å². The van der Waals surface area contributed by atoms with Gasteiger partial charge in [0.05, 0.1) is 18.5 Å². The first-order valence-electron chi connectivity index (χ1n) is 3.59. The monoisotopic (exact) mass is 154 g/mol. The quantitative estimate of drug-likeness (QED) is 0.439. The van der Waals surface area contributed by atoms with Gasteiger partial charge in [0, 0.05) is 13.6 Å². The van der Waals surface area contributed by atoms with Crippen LogP contribution in [0.4, 0.5) is 0 Å². The molecule has 0 bridgehead atoms. The maximum Gasteiger partial charge on any atom is 0.114 e. The summed E-state index contributed by atoms with van der Waals surface area (Å²) in [5.74, 6) is 0.703. The predicted octanol–water partition coefficient (Wildman–Crippen LogP) is -0.135. The number of nitrogens with two attached hydrogens (primary N) is 1. The molecule has 4 heteroatoms. The van der Waals surface area contributed by atoms with E-state index in [1.165, 1.54) is 0 Å². The zero-order valence-electron chi connectivity index (χ0n) is 6.96. The number of rotatable bonds is 3. The third kappa shape index (κ3) is 3.58. The summed E-state index contributed by atoms with van der Waals surface area (Å²) in [5, 5.41) is 11.3. The molecule has 1 unspecified atom stereocenters. The van der Waals surface area contributed by atoms with Crippen molar-refractivity contribution in [3.8, 4) is 6.07 Å². The molecule has 0 aromatic rings. The van der Waals surface area contributed by atoms with E-state index >= 15 is 0 Å². The van der Waals surface area contributed by atoms with Crippen LogP contribution < -0.4 is 11.1 Å². The van der Waals surface area contributed by atoms with Crippen LogP contribution in [0.2, 0.25) is 0 Å². The number of amidine groups is 1. The van der Waals surface area contributed by atoms with Gasteiger partial charge < -0.3 is 11.1 Å². The van der Waals surface area contributed by atoms with Crippen molar-refractivity contribution in [3.63, 3.8) is 0 Å². The molecule has 0 aliphatic heterocycles. The zero-order chi connectivity index (χ0) is 8.69. The van der Waals surface area contributed by atoms with Gasteiger partial charge in [-0.2, -0.15) is 5.26 Å². The Morgan fingerprint density at radius 1 is 1.82 bits per heavy atom. The smallest absolute Gasteiger partial charge is 0.114 e. The topological polar surface area (TPSA) is 74.2 Å². The zero-order valence-corrected chi connectivity index (χ0v) is 6.96. The molecule has 11 heavy (non-hydrogen) atoms. The minimum Gasteiger partial charge on any atom is -0.373 e. The van der Waals surface area contributed by atoms with Gasteiger partial charge in [0.15, 0.2) is 0 Å². The van der Waals surface area contributed by atoms with Crippen LogP contribution in [0.5, 0.6) is 0 Å². The Kier molecular flexibility index (Phi) is 5.13. The highest BCUT2D eigenvalue weighted by Gasteiger charge is 2.07. The second-order valence-corrected chi connectivity index (χ2v) is 2.11. The first-order valence-corrected chi connectivity index (χ1v) is 3.59. The second-order valence-electron chi connectivity index (χ2n) is 2.11. The van der Waals surface area contributed by atoms with Crippen molar-refractivity contribution in [2.45, 2.75) is 19.4 Å². The molecule has 0 heterocycles. The van der Waals surface area contributed by atoms with E-state index in [0.29, 0.717) is 12.3 Å². The molecule has 1 atom stereocenters. The van der Waals surface area contributed by atoms with Gasteiger partial charge >= 0.3 is 0 Å². The Morgan fingerprint density at radius 3 is 2.82 bits per heavy atom. The van der Waals surface area contributed by atoms with Crippen LogP contribution >= 0.6 is 0 Å². The third-order valence-electron chi connectivity index (χ3n) is 1.26. The molecule has 0 aliphatic rings. The first-order chi connectivity index (χ1) is 5.26. The molecule has 0 amide bonds. The van der Waals surface area contributed by atoms with Crippen molar-refractivity contribution in [3.05, 3.63) is 0 Å². The van der Waals surface area contributed by atoms with Gasteiger partial charge in [0.1, 0.15) is 5.84 Å².